The number of ether oxygens (including phenoxy) is 6. The quantitative estimate of drug-likeness (QED) is 0.0138. The summed E-state index contributed by atoms with van der Waals surface area (Å²) in [5.74, 6) is -5.04. The highest BCUT2D eigenvalue weighted by Gasteiger charge is 2.42. The first-order valence-corrected chi connectivity index (χ1v) is 28.0. The zero-order valence-electron chi connectivity index (χ0n) is 46.9. The number of aryl methyl sites for hydroxylation is 4. The monoisotopic (exact) mass is 1190 g/mol. The largest absolute Gasteiger partial charge is 0.463 e. The van der Waals surface area contributed by atoms with Crippen molar-refractivity contribution in [2.75, 3.05) is 39.4 Å². The van der Waals surface area contributed by atoms with Crippen LogP contribution >= 0.6 is 23.2 Å². The highest BCUT2D eigenvalue weighted by Crippen LogP contribution is 2.58. The fourth-order valence-corrected chi connectivity index (χ4v) is 10.5. The maximum atomic E-state index is 15.3. The Bertz CT molecular complexity index is 4110. The highest BCUT2D eigenvalue weighted by molar-refractivity contribution is 6.45. The third kappa shape index (κ3) is 11.1. The summed E-state index contributed by atoms with van der Waals surface area (Å²) < 4.78 is 38.0. The summed E-state index contributed by atoms with van der Waals surface area (Å²) in [7, 11) is 0. The van der Waals surface area contributed by atoms with Crippen LogP contribution < -0.4 is 29.6 Å². The van der Waals surface area contributed by atoms with Crippen molar-refractivity contribution in [1.82, 2.24) is 20.4 Å². The highest BCUT2D eigenvalue weighted by atomic mass is 35.5. The van der Waals surface area contributed by atoms with Gasteiger partial charge >= 0.3 is 11.9 Å². The van der Waals surface area contributed by atoms with Crippen molar-refractivity contribution < 1.29 is 66.8 Å². The number of hydrogen-bond acceptors (Lipinski definition) is 14. The Kier molecular flexibility index (Phi) is 15.8. The van der Waals surface area contributed by atoms with Gasteiger partial charge in [0.2, 0.25) is 11.8 Å². The standard InChI is InChI=1S/C66H52Cl2N4O14/c1-33-7-15-39(16-8-33)83-47-27-43-53-44(62(76)71(61(43)75)31-51(73)69-23-25-81-65(79)37(5)67)29-49(85-41-19-11-35(3)12-20-41)57-58-50(86-42-21-13-36(4)14-22-42)30-46-54-45(63(77)72(64(46)78)32-52(74)70-24-26-82-66(80)38(6)68)28-48(56(60(54)58)55(47)59(53)57)84-40-17-9-34(2)10-18-40/h7-22,27-30,38H,5,23-26,31-32H2,1-4,6H3,(H,69,73)(H,70,74). The van der Waals surface area contributed by atoms with Gasteiger partial charge in [0.1, 0.15) is 82.7 Å². The lowest BCUT2D eigenvalue weighted by molar-refractivity contribution is -0.143. The fourth-order valence-electron chi connectivity index (χ4n) is 10.4. The Hall–Kier alpha value is -10.0. The predicted octanol–water partition coefficient (Wildman–Crippen LogP) is 12.0. The van der Waals surface area contributed by atoms with Crippen LogP contribution in [0, 0.1) is 27.7 Å². The Morgan fingerprint density at radius 3 is 1.00 bits per heavy atom. The number of nitrogens with one attached hydrogen (secondary N) is 2. The Morgan fingerprint density at radius 1 is 0.453 bits per heavy atom. The second-order valence-electron chi connectivity index (χ2n) is 20.8. The summed E-state index contributed by atoms with van der Waals surface area (Å²) in [4.78, 5) is 114. The van der Waals surface area contributed by atoms with Crippen LogP contribution in [0.4, 0.5) is 0 Å². The molecule has 0 saturated carbocycles. The van der Waals surface area contributed by atoms with Gasteiger partial charge in [0.05, 0.1) is 35.3 Å². The number of imide groups is 2. The molecule has 0 spiro atoms. The number of alkyl halides is 1. The molecule has 434 valence electrons. The number of carbonyl (C=O) groups is 8. The lowest BCUT2D eigenvalue weighted by atomic mass is 9.80. The van der Waals surface area contributed by atoms with E-state index in [9.17, 15) is 19.2 Å². The van der Waals surface area contributed by atoms with Gasteiger partial charge in [-0.1, -0.05) is 89.0 Å². The van der Waals surface area contributed by atoms with Gasteiger partial charge in [-0.15, -0.1) is 11.6 Å². The molecule has 0 saturated heterocycles. The van der Waals surface area contributed by atoms with Crippen LogP contribution in [0.5, 0.6) is 46.0 Å². The van der Waals surface area contributed by atoms with Crippen molar-refractivity contribution in [1.29, 1.82) is 0 Å². The summed E-state index contributed by atoms with van der Waals surface area (Å²) in [6.07, 6.45) is 0. The zero-order chi connectivity index (χ0) is 60.8. The first kappa shape index (κ1) is 57.8. The lowest BCUT2D eigenvalue weighted by Gasteiger charge is -2.32. The van der Waals surface area contributed by atoms with Crippen LogP contribution in [0.1, 0.15) is 70.6 Å². The van der Waals surface area contributed by atoms with Crippen molar-refractivity contribution in [3.8, 4) is 46.0 Å². The molecule has 11 rings (SSSR count). The summed E-state index contributed by atoms with van der Waals surface area (Å²) in [5, 5.41) is 5.68. The number of amides is 6. The Labute approximate surface area is 501 Å². The third-order valence-corrected chi connectivity index (χ3v) is 14.9. The lowest BCUT2D eigenvalue weighted by Crippen LogP contribution is -2.47. The second-order valence-corrected chi connectivity index (χ2v) is 21.9. The number of nitrogens with zero attached hydrogens (tertiary/aromatic N) is 2. The minimum Gasteiger partial charge on any atom is -0.463 e. The second kappa shape index (κ2) is 23.5. The number of benzene rings is 9. The molecule has 2 aliphatic rings. The number of esters is 2. The van der Waals surface area contributed by atoms with E-state index in [0.29, 0.717) is 23.0 Å². The van der Waals surface area contributed by atoms with E-state index < -0.39 is 65.8 Å². The summed E-state index contributed by atoms with van der Waals surface area (Å²) in [6, 6.07) is 34.5. The molecule has 86 heavy (non-hydrogen) atoms. The van der Waals surface area contributed by atoms with Gasteiger partial charge in [0, 0.05) is 43.1 Å². The van der Waals surface area contributed by atoms with E-state index >= 15 is 19.2 Å². The van der Waals surface area contributed by atoms with Crippen LogP contribution in [-0.2, 0) is 28.7 Å². The fraction of sp³-hybridized carbons (Fsp3) is 0.182. The molecule has 18 nitrogen and oxygen atoms in total. The molecule has 1 atom stereocenters. The molecular weight excluding hydrogens is 1140 g/mol. The van der Waals surface area contributed by atoms with Crippen LogP contribution in [-0.4, -0.2) is 102 Å². The minimum absolute atomic E-state index is 0.0422. The zero-order valence-corrected chi connectivity index (χ0v) is 48.5. The number of hydrogen-bond donors (Lipinski definition) is 2. The molecule has 2 N–H and O–H groups in total. The molecule has 0 bridgehead atoms. The average Bonchev–Trinajstić information content (AvgIpc) is 0.679. The molecule has 0 radical (unpaired) electrons. The molecular formula is C66H52Cl2N4O14. The molecule has 2 heterocycles. The SMILES string of the molecule is C=C(Cl)C(=O)OCCNC(=O)CN1C(=O)c2cc(Oc3ccc(C)cc3)c3c4c(Oc5ccc(C)cc5)cc5c6c(cc(Oc7ccc(C)cc7)c(c7c(Oc8ccc(C)cc8)cc(c2c37)C1=O)c64)C(=O)N(CC(=O)NCCOC(=O)C(C)Cl)C5=O. The molecule has 9 aromatic carbocycles. The number of fused-ring (bicyclic) bond motifs is 2. The first-order chi connectivity index (χ1) is 41.2. The van der Waals surface area contributed by atoms with E-state index in [1.807, 2.05) is 76.2 Å². The smallest absolute Gasteiger partial charge is 0.349 e. The van der Waals surface area contributed by atoms with Crippen LogP contribution in [0.15, 0.2) is 133 Å². The van der Waals surface area contributed by atoms with Gasteiger partial charge in [-0.25, -0.2) is 4.79 Å². The Morgan fingerprint density at radius 2 is 0.733 bits per heavy atom. The maximum absolute atomic E-state index is 15.3. The molecule has 0 aromatic heterocycles. The van der Waals surface area contributed by atoms with Crippen molar-refractivity contribution in [2.24, 2.45) is 0 Å². The number of carbonyl (C=O) groups excluding carboxylic acids is 8. The van der Waals surface area contributed by atoms with Crippen molar-refractivity contribution in [3.63, 3.8) is 0 Å². The predicted molar refractivity (Wildman–Crippen MR) is 322 cm³/mol. The maximum Gasteiger partial charge on any atom is 0.349 e. The first-order valence-electron chi connectivity index (χ1n) is 27.2. The summed E-state index contributed by atoms with van der Waals surface area (Å²) >= 11 is 11.5. The van der Waals surface area contributed by atoms with Gasteiger partial charge in [-0.05, 0) is 107 Å². The number of rotatable bonds is 20. The summed E-state index contributed by atoms with van der Waals surface area (Å²) in [6.45, 7) is 10.0. The van der Waals surface area contributed by atoms with E-state index in [-0.39, 0.29) is 120 Å². The topological polar surface area (TPSA) is 222 Å². The molecule has 6 amide bonds. The molecule has 20 heteroatoms. The minimum atomic E-state index is -0.927. The van der Waals surface area contributed by atoms with E-state index in [1.165, 1.54) is 31.2 Å². The normalized spacial score (nSPS) is 13.1. The van der Waals surface area contributed by atoms with Crippen molar-refractivity contribution in [3.05, 3.63) is 177 Å². The van der Waals surface area contributed by atoms with Gasteiger partial charge in [0.25, 0.3) is 23.6 Å². The van der Waals surface area contributed by atoms with E-state index in [1.54, 1.807) is 48.5 Å². The summed E-state index contributed by atoms with van der Waals surface area (Å²) in [5.41, 5.74) is 3.47. The molecule has 0 fully saturated rings. The van der Waals surface area contributed by atoms with Gasteiger partial charge in [0.15, 0.2) is 0 Å². The molecule has 0 aliphatic carbocycles. The van der Waals surface area contributed by atoms with E-state index in [2.05, 4.69) is 17.2 Å². The molecule has 2 aliphatic heterocycles. The van der Waals surface area contributed by atoms with Crippen LogP contribution in [0.3, 0.4) is 0 Å². The van der Waals surface area contributed by atoms with Gasteiger partial charge < -0.3 is 39.1 Å². The van der Waals surface area contributed by atoms with Crippen molar-refractivity contribution >= 4 is 114 Å². The Balaban J connectivity index is 1.22. The van der Waals surface area contributed by atoms with Crippen molar-refractivity contribution in [2.45, 2.75) is 40.0 Å². The van der Waals surface area contributed by atoms with E-state index in [4.69, 9.17) is 51.6 Å². The molecule has 1 unspecified atom stereocenters. The average molecular weight is 1200 g/mol. The van der Waals surface area contributed by atoms with E-state index in [0.717, 1.165) is 32.1 Å². The van der Waals surface area contributed by atoms with Crippen LogP contribution in [0.25, 0.3) is 43.1 Å². The third-order valence-electron chi connectivity index (χ3n) is 14.5. The number of halogens is 2. The van der Waals surface area contributed by atoms with Gasteiger partial charge in [-0.3, -0.25) is 43.4 Å². The van der Waals surface area contributed by atoms with Crippen LogP contribution in [0.2, 0.25) is 0 Å². The molecule has 9 aromatic rings. The van der Waals surface area contributed by atoms with Gasteiger partial charge in [-0.2, -0.15) is 0 Å².